The predicted octanol–water partition coefficient (Wildman–Crippen LogP) is 2.75. The van der Waals surface area contributed by atoms with Gasteiger partial charge in [-0.15, -0.1) is 0 Å². The van der Waals surface area contributed by atoms with Crippen LogP contribution in [0.3, 0.4) is 0 Å². The number of ether oxygens (including phenoxy) is 1. The lowest BCUT2D eigenvalue weighted by Crippen LogP contribution is -2.10. The predicted molar refractivity (Wildman–Crippen MR) is 77.7 cm³/mol. The van der Waals surface area contributed by atoms with Gasteiger partial charge in [-0.1, -0.05) is 6.07 Å². The van der Waals surface area contributed by atoms with Gasteiger partial charge in [-0.05, 0) is 36.8 Å². The van der Waals surface area contributed by atoms with Gasteiger partial charge in [-0.25, -0.2) is 4.79 Å². The topological polar surface area (TPSA) is 76.7 Å². The molecule has 1 aromatic heterocycles. The molecule has 1 heterocycles. The minimum absolute atomic E-state index is 0.0597. The number of hydrogen-bond donors (Lipinski definition) is 1. The summed E-state index contributed by atoms with van der Waals surface area (Å²) >= 11 is 0. The van der Waals surface area contributed by atoms with E-state index in [-0.39, 0.29) is 33.3 Å². The van der Waals surface area contributed by atoms with E-state index in [1.165, 1.54) is 19.2 Å². The summed E-state index contributed by atoms with van der Waals surface area (Å²) in [4.78, 5) is 24.4. The van der Waals surface area contributed by atoms with E-state index in [0.717, 1.165) is 5.56 Å². The molecule has 5 heteroatoms. The molecule has 0 saturated heterocycles. The molecular formula is C16H12O5. The van der Waals surface area contributed by atoms with E-state index in [9.17, 15) is 14.7 Å². The van der Waals surface area contributed by atoms with Gasteiger partial charge in [0.1, 0.15) is 22.3 Å². The Morgan fingerprint density at radius 2 is 1.95 bits per heavy atom. The highest BCUT2D eigenvalue weighted by Gasteiger charge is 2.18. The molecule has 0 bridgehead atoms. The number of methoxy groups -OCH3 is 1. The molecule has 0 unspecified atom stereocenters. The first kappa shape index (κ1) is 13.2. The van der Waals surface area contributed by atoms with Crippen molar-refractivity contribution in [1.29, 1.82) is 0 Å². The van der Waals surface area contributed by atoms with Crippen LogP contribution in [0.1, 0.15) is 15.9 Å². The minimum atomic E-state index is -0.626. The number of rotatable bonds is 1. The van der Waals surface area contributed by atoms with Crippen LogP contribution in [0.15, 0.2) is 39.5 Å². The summed E-state index contributed by atoms with van der Waals surface area (Å²) in [7, 11) is 1.24. The molecule has 5 nitrogen and oxygen atoms in total. The molecule has 0 spiro atoms. The van der Waals surface area contributed by atoms with Gasteiger partial charge in [0.15, 0.2) is 0 Å². The van der Waals surface area contributed by atoms with Gasteiger partial charge in [0, 0.05) is 0 Å². The maximum atomic E-state index is 12.6. The molecule has 21 heavy (non-hydrogen) atoms. The summed E-state index contributed by atoms with van der Waals surface area (Å²) in [6.45, 7) is 1.79. The summed E-state index contributed by atoms with van der Waals surface area (Å²) in [6.07, 6.45) is 0. The van der Waals surface area contributed by atoms with E-state index in [1.807, 2.05) is 0 Å². The highest BCUT2D eigenvalue weighted by Crippen LogP contribution is 2.28. The average Bonchev–Trinajstić information content (AvgIpc) is 2.44. The lowest BCUT2D eigenvalue weighted by molar-refractivity contribution is 0.0603. The molecule has 0 saturated carbocycles. The first-order chi connectivity index (χ1) is 10.0. The van der Waals surface area contributed by atoms with Gasteiger partial charge < -0.3 is 14.3 Å². The number of aryl methyl sites for hydroxylation is 1. The SMILES string of the molecule is COC(=O)c1cccc2oc3cc(C)cc(O)c3c(=O)c12. The number of esters is 1. The highest BCUT2D eigenvalue weighted by molar-refractivity contribution is 6.06. The summed E-state index contributed by atoms with van der Waals surface area (Å²) in [5.41, 5.74) is 0.995. The van der Waals surface area contributed by atoms with Crippen LogP contribution in [-0.4, -0.2) is 18.2 Å². The Morgan fingerprint density at radius 1 is 1.19 bits per heavy atom. The molecule has 1 N–H and O–H groups in total. The van der Waals surface area contributed by atoms with Gasteiger partial charge in [-0.2, -0.15) is 0 Å². The molecule has 0 fully saturated rings. The summed E-state index contributed by atoms with van der Waals surface area (Å²) < 4.78 is 10.3. The number of carbonyl (C=O) groups is 1. The number of phenolic OH excluding ortho intramolecular Hbond substituents is 1. The first-order valence-corrected chi connectivity index (χ1v) is 6.30. The fourth-order valence-electron chi connectivity index (χ4n) is 2.42. The maximum Gasteiger partial charge on any atom is 0.338 e. The van der Waals surface area contributed by atoms with Crippen LogP contribution >= 0.6 is 0 Å². The number of hydrogen-bond acceptors (Lipinski definition) is 5. The van der Waals surface area contributed by atoms with E-state index in [1.54, 1.807) is 25.1 Å². The molecular weight excluding hydrogens is 272 g/mol. The van der Waals surface area contributed by atoms with Crippen molar-refractivity contribution in [2.75, 3.05) is 7.11 Å². The second-order valence-electron chi connectivity index (χ2n) is 4.76. The number of aromatic hydroxyl groups is 1. The Balaban J connectivity index is 2.56. The van der Waals surface area contributed by atoms with Crippen molar-refractivity contribution in [3.63, 3.8) is 0 Å². The molecule has 0 aliphatic rings. The number of benzene rings is 2. The first-order valence-electron chi connectivity index (χ1n) is 6.30. The quantitative estimate of drug-likeness (QED) is 0.549. The molecule has 2 aromatic carbocycles. The van der Waals surface area contributed by atoms with Crippen LogP contribution in [0, 0.1) is 6.92 Å². The van der Waals surface area contributed by atoms with Crippen LogP contribution in [0.4, 0.5) is 0 Å². The second kappa shape index (κ2) is 4.63. The van der Waals surface area contributed by atoms with Crippen molar-refractivity contribution in [2.24, 2.45) is 0 Å². The standard InChI is InChI=1S/C16H12O5/c1-8-6-10(17)14-12(7-8)21-11-5-3-4-9(16(19)20-2)13(11)15(14)18/h3-7,17H,1-2H3. The zero-order valence-corrected chi connectivity index (χ0v) is 11.5. The van der Waals surface area contributed by atoms with E-state index in [2.05, 4.69) is 4.74 Å². The smallest absolute Gasteiger partial charge is 0.338 e. The Bertz CT molecular complexity index is 937. The molecule has 3 aromatic rings. The largest absolute Gasteiger partial charge is 0.507 e. The summed E-state index contributed by atoms with van der Waals surface area (Å²) in [6, 6.07) is 7.84. The molecule has 0 atom stereocenters. The summed E-state index contributed by atoms with van der Waals surface area (Å²) in [5, 5.41) is 10.2. The lowest BCUT2D eigenvalue weighted by Gasteiger charge is -2.07. The van der Waals surface area contributed by atoms with Crippen molar-refractivity contribution in [3.8, 4) is 5.75 Å². The molecule has 0 radical (unpaired) electrons. The molecule has 0 amide bonds. The normalized spacial score (nSPS) is 11.0. The third-order valence-corrected chi connectivity index (χ3v) is 3.33. The molecule has 0 aliphatic carbocycles. The highest BCUT2D eigenvalue weighted by atomic mass is 16.5. The van der Waals surface area contributed by atoms with Gasteiger partial charge in [-0.3, -0.25) is 4.79 Å². The Labute approximate surface area is 119 Å². The van der Waals surface area contributed by atoms with Gasteiger partial charge in [0.2, 0.25) is 5.43 Å². The third-order valence-electron chi connectivity index (χ3n) is 3.33. The molecule has 3 rings (SSSR count). The summed E-state index contributed by atoms with van der Waals surface area (Å²) in [5.74, 6) is -0.792. The molecule has 0 aliphatic heterocycles. The van der Waals surface area contributed by atoms with Crippen LogP contribution in [0.5, 0.6) is 5.75 Å². The van der Waals surface area contributed by atoms with Crippen molar-refractivity contribution >= 4 is 27.9 Å². The Morgan fingerprint density at radius 3 is 2.67 bits per heavy atom. The van der Waals surface area contributed by atoms with Crippen LogP contribution in [0.2, 0.25) is 0 Å². The van der Waals surface area contributed by atoms with E-state index in [4.69, 9.17) is 4.42 Å². The van der Waals surface area contributed by atoms with Gasteiger partial charge >= 0.3 is 5.97 Å². The van der Waals surface area contributed by atoms with Crippen LogP contribution in [0.25, 0.3) is 21.9 Å². The monoisotopic (exact) mass is 284 g/mol. The van der Waals surface area contributed by atoms with E-state index in [0.29, 0.717) is 0 Å². The van der Waals surface area contributed by atoms with Crippen molar-refractivity contribution in [3.05, 3.63) is 51.7 Å². The van der Waals surface area contributed by atoms with Crippen molar-refractivity contribution in [1.82, 2.24) is 0 Å². The average molecular weight is 284 g/mol. The fraction of sp³-hybridized carbons (Fsp3) is 0.125. The van der Waals surface area contributed by atoms with E-state index >= 15 is 0 Å². The lowest BCUT2D eigenvalue weighted by atomic mass is 10.0. The fourth-order valence-corrected chi connectivity index (χ4v) is 2.42. The zero-order chi connectivity index (χ0) is 15.1. The van der Waals surface area contributed by atoms with Gasteiger partial charge in [0.25, 0.3) is 0 Å². The van der Waals surface area contributed by atoms with Crippen LogP contribution in [-0.2, 0) is 4.74 Å². The van der Waals surface area contributed by atoms with Crippen LogP contribution < -0.4 is 5.43 Å². The second-order valence-corrected chi connectivity index (χ2v) is 4.76. The Hall–Kier alpha value is -2.82. The van der Waals surface area contributed by atoms with Crippen molar-refractivity contribution < 1.29 is 19.1 Å². The molecule has 106 valence electrons. The number of carbonyl (C=O) groups excluding carboxylic acids is 1. The third kappa shape index (κ3) is 1.94. The van der Waals surface area contributed by atoms with E-state index < -0.39 is 11.4 Å². The Kier molecular flexibility index (Phi) is 2.90. The number of fused-ring (bicyclic) bond motifs is 2. The van der Waals surface area contributed by atoms with Crippen molar-refractivity contribution in [2.45, 2.75) is 6.92 Å². The number of phenols is 1. The van der Waals surface area contributed by atoms with Gasteiger partial charge in [0.05, 0.1) is 18.1 Å². The zero-order valence-electron chi connectivity index (χ0n) is 11.5. The maximum absolute atomic E-state index is 12.6. The minimum Gasteiger partial charge on any atom is -0.507 e.